The summed E-state index contributed by atoms with van der Waals surface area (Å²) in [5.74, 6) is -1.83. The minimum absolute atomic E-state index is 0.177. The summed E-state index contributed by atoms with van der Waals surface area (Å²) in [6, 6.07) is 23.8. The topological polar surface area (TPSA) is 71.8 Å². The number of carbonyl (C=O) groups excluding carboxylic acids is 2. The van der Waals surface area contributed by atoms with Crippen LogP contribution in [0.5, 0.6) is 0 Å². The second-order valence-corrected chi connectivity index (χ2v) is 10.1. The Bertz CT molecular complexity index is 1520. The van der Waals surface area contributed by atoms with E-state index in [4.69, 9.17) is 28.0 Å². The molecule has 0 spiro atoms. The van der Waals surface area contributed by atoms with E-state index in [0.29, 0.717) is 27.0 Å². The van der Waals surface area contributed by atoms with E-state index in [1.165, 1.54) is 9.63 Å². The van der Waals surface area contributed by atoms with Gasteiger partial charge in [0.2, 0.25) is 5.91 Å². The van der Waals surface area contributed by atoms with Crippen LogP contribution in [0.15, 0.2) is 89.7 Å². The summed E-state index contributed by atoms with van der Waals surface area (Å²) in [7, 11) is 0. The molecule has 7 nitrogen and oxygen atoms in total. The fourth-order valence-corrected chi connectivity index (χ4v) is 6.27. The Hall–Kier alpha value is -3.43. The zero-order valence-corrected chi connectivity index (χ0v) is 20.8. The number of amides is 2. The molecule has 3 atom stereocenters. The first kappa shape index (κ1) is 23.0. The van der Waals surface area contributed by atoms with Crippen LogP contribution >= 0.6 is 34.5 Å². The Morgan fingerprint density at radius 2 is 1.33 bits per heavy atom. The highest BCUT2D eigenvalue weighted by atomic mass is 35.5. The largest absolute Gasteiger partial charge is 0.313 e. The predicted molar refractivity (Wildman–Crippen MR) is 139 cm³/mol. The molecule has 2 aliphatic rings. The average molecular weight is 538 g/mol. The molecule has 0 radical (unpaired) electrons. The van der Waals surface area contributed by atoms with Gasteiger partial charge in [-0.3, -0.25) is 23.8 Å². The molecular weight excluding hydrogens is 521 g/mol. The third kappa shape index (κ3) is 3.57. The van der Waals surface area contributed by atoms with Gasteiger partial charge in [-0.15, -0.1) is 0 Å². The van der Waals surface area contributed by atoms with E-state index in [2.05, 4.69) is 0 Å². The summed E-state index contributed by atoms with van der Waals surface area (Å²) in [6.07, 6.45) is -1.07. The van der Waals surface area contributed by atoms with Crippen molar-refractivity contribution < 1.29 is 14.4 Å². The summed E-state index contributed by atoms with van der Waals surface area (Å²) in [5, 5.41) is 2.19. The summed E-state index contributed by atoms with van der Waals surface area (Å²) in [5.41, 5.74) is 1.64. The number of nitrogens with zero attached hydrogens (tertiary/aromatic N) is 3. The molecule has 3 aromatic carbocycles. The molecule has 6 rings (SSSR count). The summed E-state index contributed by atoms with van der Waals surface area (Å²) < 4.78 is 1.40. The Labute approximate surface area is 219 Å². The molecule has 2 fully saturated rings. The highest BCUT2D eigenvalue weighted by Crippen LogP contribution is 2.50. The standard InChI is InChI=1S/C26H17Cl2N3O4S/c27-15-11-13-17(14-12-15)30-24(32)19-20(31(35-21(19)25(30)33)18-9-5-2-6-10-18)22-23(28)29(26(34)36-22)16-7-3-1-4-8-16/h1-14,19-21H/t19-,20-,21-/m1/s1. The molecule has 180 valence electrons. The average Bonchev–Trinajstić information content (AvgIpc) is 3.50. The molecule has 0 bridgehead atoms. The third-order valence-electron chi connectivity index (χ3n) is 6.27. The number of para-hydroxylation sites is 2. The Kier molecular flexibility index (Phi) is 5.69. The number of hydrogen-bond donors (Lipinski definition) is 0. The number of thiazole rings is 1. The smallest absolute Gasteiger partial charge is 0.273 e. The number of anilines is 2. The van der Waals surface area contributed by atoms with Crippen molar-refractivity contribution in [2.45, 2.75) is 12.1 Å². The maximum absolute atomic E-state index is 13.8. The fraction of sp³-hybridized carbons (Fsp3) is 0.115. The molecule has 0 saturated carbocycles. The minimum atomic E-state index is -1.07. The van der Waals surface area contributed by atoms with Gasteiger partial charge in [-0.1, -0.05) is 70.9 Å². The van der Waals surface area contributed by atoms with Crippen molar-refractivity contribution in [3.8, 4) is 5.69 Å². The summed E-state index contributed by atoms with van der Waals surface area (Å²) >= 11 is 13.7. The lowest BCUT2D eigenvalue weighted by Gasteiger charge is -2.28. The van der Waals surface area contributed by atoms with Gasteiger partial charge in [0.15, 0.2) is 6.10 Å². The lowest BCUT2D eigenvalue weighted by Crippen LogP contribution is -2.37. The first-order valence-electron chi connectivity index (χ1n) is 11.1. The molecule has 4 aromatic rings. The molecule has 2 saturated heterocycles. The number of carbonyl (C=O) groups is 2. The highest BCUT2D eigenvalue weighted by Gasteiger charge is 2.61. The zero-order valence-electron chi connectivity index (χ0n) is 18.5. The number of rotatable bonds is 4. The van der Waals surface area contributed by atoms with Crippen LogP contribution in [0.25, 0.3) is 5.69 Å². The number of benzene rings is 3. The van der Waals surface area contributed by atoms with Crippen molar-refractivity contribution in [1.82, 2.24) is 4.57 Å². The van der Waals surface area contributed by atoms with Crippen LogP contribution in [0.2, 0.25) is 10.2 Å². The van der Waals surface area contributed by atoms with Gasteiger partial charge < -0.3 is 0 Å². The van der Waals surface area contributed by atoms with Gasteiger partial charge >= 0.3 is 4.87 Å². The fourth-order valence-electron chi connectivity index (χ4n) is 4.67. The summed E-state index contributed by atoms with van der Waals surface area (Å²) in [4.78, 5) is 47.7. The van der Waals surface area contributed by atoms with Gasteiger partial charge in [-0.25, -0.2) is 9.96 Å². The zero-order chi connectivity index (χ0) is 25.0. The van der Waals surface area contributed by atoms with E-state index in [0.717, 1.165) is 16.2 Å². The number of fused-ring (bicyclic) bond motifs is 1. The third-order valence-corrected chi connectivity index (χ3v) is 8.02. The van der Waals surface area contributed by atoms with Crippen molar-refractivity contribution in [3.05, 3.63) is 110 Å². The maximum Gasteiger partial charge on any atom is 0.313 e. The molecule has 36 heavy (non-hydrogen) atoms. The lowest BCUT2D eigenvalue weighted by atomic mass is 9.95. The number of aromatic nitrogens is 1. The Morgan fingerprint density at radius 1 is 0.722 bits per heavy atom. The van der Waals surface area contributed by atoms with E-state index in [1.54, 1.807) is 36.4 Å². The van der Waals surface area contributed by atoms with Gasteiger partial charge in [0, 0.05) is 5.02 Å². The van der Waals surface area contributed by atoms with Crippen LogP contribution in [-0.4, -0.2) is 22.5 Å². The van der Waals surface area contributed by atoms with Crippen molar-refractivity contribution in [2.24, 2.45) is 5.92 Å². The molecule has 0 aliphatic carbocycles. The molecule has 2 amide bonds. The quantitative estimate of drug-likeness (QED) is 0.332. The Morgan fingerprint density at radius 3 is 1.97 bits per heavy atom. The van der Waals surface area contributed by atoms with Gasteiger partial charge in [0.05, 0.1) is 21.9 Å². The number of halogens is 2. The highest BCUT2D eigenvalue weighted by molar-refractivity contribution is 7.10. The lowest BCUT2D eigenvalue weighted by molar-refractivity contribution is -0.126. The number of hydrogen-bond acceptors (Lipinski definition) is 6. The predicted octanol–water partition coefficient (Wildman–Crippen LogP) is 5.26. The number of imide groups is 1. The van der Waals surface area contributed by atoms with Crippen molar-refractivity contribution in [1.29, 1.82) is 0 Å². The van der Waals surface area contributed by atoms with Crippen LogP contribution in [-0.2, 0) is 14.4 Å². The van der Waals surface area contributed by atoms with Crippen LogP contribution in [0.3, 0.4) is 0 Å². The van der Waals surface area contributed by atoms with E-state index in [-0.39, 0.29) is 10.0 Å². The number of hydroxylamine groups is 1. The van der Waals surface area contributed by atoms with Gasteiger partial charge in [-0.05, 0) is 48.5 Å². The Balaban J connectivity index is 1.48. The molecule has 3 heterocycles. The van der Waals surface area contributed by atoms with Crippen LogP contribution < -0.4 is 14.8 Å². The normalized spacial score (nSPS) is 21.3. The molecule has 0 N–H and O–H groups in total. The van der Waals surface area contributed by atoms with Crippen molar-refractivity contribution in [2.75, 3.05) is 9.96 Å². The molecule has 10 heteroatoms. The first-order chi connectivity index (χ1) is 17.5. The van der Waals surface area contributed by atoms with E-state index in [1.807, 2.05) is 48.5 Å². The molecular formula is C26H17Cl2N3O4S. The molecule has 0 unspecified atom stereocenters. The van der Waals surface area contributed by atoms with Crippen LogP contribution in [0.1, 0.15) is 10.9 Å². The van der Waals surface area contributed by atoms with E-state index in [9.17, 15) is 14.4 Å². The van der Waals surface area contributed by atoms with Crippen LogP contribution in [0, 0.1) is 5.92 Å². The van der Waals surface area contributed by atoms with Crippen molar-refractivity contribution in [3.63, 3.8) is 0 Å². The van der Waals surface area contributed by atoms with Gasteiger partial charge in [0.1, 0.15) is 17.1 Å². The second-order valence-electron chi connectivity index (χ2n) is 8.34. The van der Waals surface area contributed by atoms with E-state index >= 15 is 0 Å². The molecule has 2 aliphatic heterocycles. The summed E-state index contributed by atoms with van der Waals surface area (Å²) in [6.45, 7) is 0. The van der Waals surface area contributed by atoms with Crippen LogP contribution in [0.4, 0.5) is 11.4 Å². The first-order valence-corrected chi connectivity index (χ1v) is 12.6. The monoisotopic (exact) mass is 537 g/mol. The maximum atomic E-state index is 13.8. The second kappa shape index (κ2) is 8.90. The molecule has 1 aromatic heterocycles. The van der Waals surface area contributed by atoms with Crippen molar-refractivity contribution >= 4 is 57.7 Å². The van der Waals surface area contributed by atoms with Gasteiger partial charge in [0.25, 0.3) is 5.91 Å². The van der Waals surface area contributed by atoms with E-state index < -0.39 is 29.9 Å². The minimum Gasteiger partial charge on any atom is -0.273 e. The van der Waals surface area contributed by atoms with Gasteiger partial charge in [-0.2, -0.15) is 0 Å². The SMILES string of the molecule is O=C1[C@H]2[C@@H](ON(c3ccccc3)[C@H]2c2sc(=O)n(-c3ccccc3)c2Cl)C(=O)N1c1ccc(Cl)cc1.